The summed E-state index contributed by atoms with van der Waals surface area (Å²) in [6.45, 7) is 8.36. The maximum atomic E-state index is 9.77. The summed E-state index contributed by atoms with van der Waals surface area (Å²) in [5.41, 5.74) is 1.16. The Kier molecular flexibility index (Phi) is 4.81. The molecule has 0 saturated heterocycles. The first kappa shape index (κ1) is 9.34. The van der Waals surface area contributed by atoms with Gasteiger partial charge in [-0.1, -0.05) is 24.3 Å². The minimum absolute atomic E-state index is 0.422. The molecule has 10 heavy (non-hydrogen) atoms. The van der Waals surface area contributed by atoms with E-state index >= 15 is 0 Å². The molecule has 0 radical (unpaired) electrons. The van der Waals surface area contributed by atoms with Crippen LogP contribution in [0.25, 0.3) is 0 Å². The van der Waals surface area contributed by atoms with Crippen LogP contribution in [0.2, 0.25) is 0 Å². The van der Waals surface area contributed by atoms with E-state index in [1.54, 1.807) is 0 Å². The lowest BCUT2D eigenvalue weighted by molar-refractivity contribution is 0.551. The fourth-order valence-corrected chi connectivity index (χ4v) is 1.01. The van der Waals surface area contributed by atoms with Crippen LogP contribution < -0.4 is 0 Å². The van der Waals surface area contributed by atoms with E-state index in [1.807, 2.05) is 6.92 Å². The van der Waals surface area contributed by atoms with Crippen molar-refractivity contribution in [2.75, 3.05) is 6.54 Å². The first-order chi connectivity index (χ1) is 4.72. The summed E-state index contributed by atoms with van der Waals surface area (Å²) in [7, 11) is 0. The maximum absolute atomic E-state index is 9.77. The van der Waals surface area contributed by atoms with E-state index in [9.17, 15) is 4.91 Å². The minimum Gasteiger partial charge on any atom is -0.151 e. The van der Waals surface area contributed by atoms with Gasteiger partial charge in [-0.05, 0) is 25.7 Å². The van der Waals surface area contributed by atoms with Crippen LogP contribution in [0, 0.1) is 10.8 Å². The molecule has 2 heteroatoms. The molecule has 0 aromatic carbocycles. The Morgan fingerprint density at radius 2 is 2.30 bits per heavy atom. The van der Waals surface area contributed by atoms with E-state index in [0.29, 0.717) is 12.5 Å². The first-order valence-corrected chi connectivity index (χ1v) is 3.66. The van der Waals surface area contributed by atoms with Crippen molar-refractivity contribution < 1.29 is 0 Å². The largest absolute Gasteiger partial charge is 0.151 e. The fraction of sp³-hybridized carbons (Fsp3) is 0.750. The molecule has 2 nitrogen and oxygen atoms in total. The van der Waals surface area contributed by atoms with Gasteiger partial charge in [-0.25, -0.2) is 0 Å². The lowest BCUT2D eigenvalue weighted by atomic mass is 9.96. The van der Waals surface area contributed by atoms with Gasteiger partial charge in [-0.15, -0.1) is 0 Å². The summed E-state index contributed by atoms with van der Waals surface area (Å²) in [4.78, 5) is 9.77. The van der Waals surface area contributed by atoms with Gasteiger partial charge in [0.25, 0.3) is 0 Å². The molecule has 0 aliphatic carbocycles. The highest BCUT2D eigenvalue weighted by Gasteiger charge is 2.05. The fourth-order valence-electron chi connectivity index (χ4n) is 1.01. The van der Waals surface area contributed by atoms with Gasteiger partial charge in [0.2, 0.25) is 0 Å². The molecular formula is C8H15NO. The monoisotopic (exact) mass is 141 g/mol. The molecule has 0 rings (SSSR count). The lowest BCUT2D eigenvalue weighted by Gasteiger charge is -2.11. The minimum atomic E-state index is 0.422. The summed E-state index contributed by atoms with van der Waals surface area (Å²) in [6, 6.07) is 0. The third-order valence-corrected chi connectivity index (χ3v) is 1.76. The average molecular weight is 141 g/mol. The average Bonchev–Trinajstić information content (AvgIpc) is 1.89. The standard InChI is InChI=1S/C8H15NO/c1-4-8(7(2)3)5-6-9-10/h8H,2,4-6H2,1,3H3. The van der Waals surface area contributed by atoms with Crippen molar-refractivity contribution in [2.24, 2.45) is 11.1 Å². The predicted molar refractivity (Wildman–Crippen MR) is 43.9 cm³/mol. The van der Waals surface area contributed by atoms with Gasteiger partial charge in [-0.2, -0.15) is 4.91 Å². The number of nitroso groups, excluding NO2 is 1. The normalized spacial score (nSPS) is 12.6. The van der Waals surface area contributed by atoms with E-state index in [1.165, 1.54) is 0 Å². The Morgan fingerprint density at radius 1 is 1.70 bits per heavy atom. The van der Waals surface area contributed by atoms with E-state index in [4.69, 9.17) is 0 Å². The van der Waals surface area contributed by atoms with Crippen molar-refractivity contribution in [1.82, 2.24) is 0 Å². The van der Waals surface area contributed by atoms with Gasteiger partial charge in [0.05, 0.1) is 6.54 Å². The molecule has 0 aromatic heterocycles. The molecule has 0 saturated carbocycles. The number of hydrogen-bond donors (Lipinski definition) is 0. The Hall–Kier alpha value is -0.660. The second kappa shape index (κ2) is 5.15. The summed E-state index contributed by atoms with van der Waals surface area (Å²) in [6.07, 6.45) is 1.92. The molecule has 0 heterocycles. The lowest BCUT2D eigenvalue weighted by Crippen LogP contribution is -2.00. The van der Waals surface area contributed by atoms with Crippen LogP contribution in [-0.4, -0.2) is 6.54 Å². The van der Waals surface area contributed by atoms with Crippen molar-refractivity contribution in [3.8, 4) is 0 Å². The summed E-state index contributed by atoms with van der Waals surface area (Å²) >= 11 is 0. The predicted octanol–water partition coefficient (Wildman–Crippen LogP) is 2.75. The smallest absolute Gasteiger partial charge is 0.0816 e. The van der Waals surface area contributed by atoms with Crippen molar-refractivity contribution in [3.63, 3.8) is 0 Å². The van der Waals surface area contributed by atoms with Crippen molar-refractivity contribution >= 4 is 0 Å². The molecule has 0 spiro atoms. The number of allylic oxidation sites excluding steroid dienone is 1. The molecule has 0 aliphatic rings. The highest BCUT2D eigenvalue weighted by atomic mass is 16.3. The van der Waals surface area contributed by atoms with Crippen molar-refractivity contribution in [3.05, 3.63) is 17.1 Å². The zero-order chi connectivity index (χ0) is 7.98. The molecule has 0 fully saturated rings. The summed E-state index contributed by atoms with van der Waals surface area (Å²) in [5, 5.41) is 2.81. The topological polar surface area (TPSA) is 29.4 Å². The van der Waals surface area contributed by atoms with E-state index < -0.39 is 0 Å². The Balaban J connectivity index is 3.60. The number of hydrogen-bond acceptors (Lipinski definition) is 2. The first-order valence-electron chi connectivity index (χ1n) is 3.66. The van der Waals surface area contributed by atoms with Gasteiger partial charge in [0, 0.05) is 0 Å². The quantitative estimate of drug-likeness (QED) is 0.427. The van der Waals surface area contributed by atoms with Crippen molar-refractivity contribution in [2.45, 2.75) is 26.7 Å². The van der Waals surface area contributed by atoms with Crippen LogP contribution in [0.3, 0.4) is 0 Å². The SMILES string of the molecule is C=C(C)C(CC)CCN=O. The Labute approximate surface area is 62.3 Å². The van der Waals surface area contributed by atoms with Gasteiger partial charge in [0.1, 0.15) is 0 Å². The second-order valence-electron chi connectivity index (χ2n) is 2.59. The van der Waals surface area contributed by atoms with Crippen LogP contribution in [-0.2, 0) is 0 Å². The zero-order valence-electron chi connectivity index (χ0n) is 6.76. The highest BCUT2D eigenvalue weighted by Crippen LogP contribution is 2.16. The molecule has 1 atom stereocenters. The molecule has 0 N–H and O–H groups in total. The maximum Gasteiger partial charge on any atom is 0.0816 e. The van der Waals surface area contributed by atoms with Crippen LogP contribution in [0.15, 0.2) is 17.3 Å². The Bertz CT molecular complexity index is 120. The van der Waals surface area contributed by atoms with Gasteiger partial charge in [0.15, 0.2) is 0 Å². The Morgan fingerprint density at radius 3 is 2.60 bits per heavy atom. The summed E-state index contributed by atoms with van der Waals surface area (Å²) in [5.74, 6) is 0.484. The van der Waals surface area contributed by atoms with Gasteiger partial charge in [-0.3, -0.25) is 0 Å². The molecule has 1 unspecified atom stereocenters. The van der Waals surface area contributed by atoms with E-state index in [0.717, 1.165) is 18.4 Å². The molecular weight excluding hydrogens is 126 g/mol. The second-order valence-corrected chi connectivity index (χ2v) is 2.59. The van der Waals surface area contributed by atoms with Crippen LogP contribution in [0.4, 0.5) is 0 Å². The van der Waals surface area contributed by atoms with Crippen LogP contribution in [0.5, 0.6) is 0 Å². The third-order valence-electron chi connectivity index (χ3n) is 1.76. The van der Waals surface area contributed by atoms with Crippen molar-refractivity contribution in [1.29, 1.82) is 0 Å². The molecule has 58 valence electrons. The molecule has 0 aliphatic heterocycles. The molecule has 0 aromatic rings. The van der Waals surface area contributed by atoms with Gasteiger partial charge < -0.3 is 0 Å². The van der Waals surface area contributed by atoms with E-state index in [2.05, 4.69) is 18.7 Å². The van der Waals surface area contributed by atoms with Crippen LogP contribution >= 0.6 is 0 Å². The highest BCUT2D eigenvalue weighted by molar-refractivity contribution is 4.95. The summed E-state index contributed by atoms with van der Waals surface area (Å²) < 4.78 is 0. The number of nitrogens with zero attached hydrogens (tertiary/aromatic N) is 1. The number of rotatable bonds is 5. The van der Waals surface area contributed by atoms with Gasteiger partial charge >= 0.3 is 0 Å². The molecule has 0 bridgehead atoms. The third kappa shape index (κ3) is 3.38. The molecule has 0 amide bonds. The van der Waals surface area contributed by atoms with Crippen LogP contribution in [0.1, 0.15) is 26.7 Å². The zero-order valence-corrected chi connectivity index (χ0v) is 6.76. The van der Waals surface area contributed by atoms with E-state index in [-0.39, 0.29) is 0 Å².